The van der Waals surface area contributed by atoms with Crippen LogP contribution >= 0.6 is 0 Å². The molecule has 0 aromatic heterocycles. The standard InChI is InChI=1S/C18H26FNO/c1-4-21-17-11-16(18(17,2)3)20-13-9-12(10-13)14-7-5-6-8-15(14)19/h5-8,12-13,16-17,20H,4,9-11H2,1-3H3. The number of nitrogens with one attached hydrogen (secondary N) is 1. The fourth-order valence-corrected chi connectivity index (χ4v) is 3.75. The van der Waals surface area contributed by atoms with Crippen molar-refractivity contribution in [3.8, 4) is 0 Å². The molecule has 3 heteroatoms. The van der Waals surface area contributed by atoms with Gasteiger partial charge in [-0.05, 0) is 43.7 Å². The average molecular weight is 291 g/mol. The highest BCUT2D eigenvalue weighted by Crippen LogP contribution is 2.45. The number of rotatable bonds is 5. The van der Waals surface area contributed by atoms with Crippen molar-refractivity contribution < 1.29 is 9.13 Å². The van der Waals surface area contributed by atoms with Gasteiger partial charge in [0.05, 0.1) is 6.10 Å². The molecule has 0 spiro atoms. The quantitative estimate of drug-likeness (QED) is 0.889. The van der Waals surface area contributed by atoms with Crippen molar-refractivity contribution in [2.24, 2.45) is 5.41 Å². The third-order valence-corrected chi connectivity index (χ3v) is 5.47. The van der Waals surface area contributed by atoms with E-state index < -0.39 is 0 Å². The molecule has 2 nitrogen and oxygen atoms in total. The van der Waals surface area contributed by atoms with Crippen LogP contribution < -0.4 is 5.32 Å². The van der Waals surface area contributed by atoms with Crippen LogP contribution in [0.4, 0.5) is 4.39 Å². The van der Waals surface area contributed by atoms with E-state index in [9.17, 15) is 4.39 Å². The van der Waals surface area contributed by atoms with E-state index in [-0.39, 0.29) is 11.2 Å². The number of halogens is 1. The lowest BCUT2D eigenvalue weighted by atomic mass is 9.63. The highest BCUT2D eigenvalue weighted by molar-refractivity contribution is 5.25. The van der Waals surface area contributed by atoms with Crippen LogP contribution in [0.5, 0.6) is 0 Å². The monoisotopic (exact) mass is 291 g/mol. The number of benzene rings is 1. The Morgan fingerprint density at radius 2 is 1.95 bits per heavy atom. The van der Waals surface area contributed by atoms with Gasteiger partial charge in [-0.1, -0.05) is 32.0 Å². The van der Waals surface area contributed by atoms with Crippen LogP contribution in [-0.4, -0.2) is 24.8 Å². The first kappa shape index (κ1) is 15.0. The molecule has 1 aromatic carbocycles. The molecule has 0 amide bonds. The van der Waals surface area contributed by atoms with E-state index in [1.807, 2.05) is 12.1 Å². The van der Waals surface area contributed by atoms with Crippen LogP contribution in [0.15, 0.2) is 24.3 Å². The van der Waals surface area contributed by atoms with E-state index in [2.05, 4.69) is 26.1 Å². The predicted octanol–water partition coefficient (Wildman–Crippen LogP) is 3.86. The van der Waals surface area contributed by atoms with Gasteiger partial charge in [-0.2, -0.15) is 0 Å². The lowest BCUT2D eigenvalue weighted by Crippen LogP contribution is -2.64. The van der Waals surface area contributed by atoms with Gasteiger partial charge in [0.2, 0.25) is 0 Å². The Labute approximate surface area is 127 Å². The molecule has 0 heterocycles. The van der Waals surface area contributed by atoms with Gasteiger partial charge in [0, 0.05) is 24.1 Å². The van der Waals surface area contributed by atoms with E-state index in [0.29, 0.717) is 24.1 Å². The summed E-state index contributed by atoms with van der Waals surface area (Å²) >= 11 is 0. The first-order valence-electron chi connectivity index (χ1n) is 8.14. The zero-order valence-corrected chi connectivity index (χ0v) is 13.2. The van der Waals surface area contributed by atoms with Crippen molar-refractivity contribution in [3.63, 3.8) is 0 Å². The van der Waals surface area contributed by atoms with E-state index in [1.165, 1.54) is 0 Å². The Morgan fingerprint density at radius 3 is 2.57 bits per heavy atom. The highest BCUT2D eigenvalue weighted by Gasteiger charge is 2.50. The average Bonchev–Trinajstić information content (AvgIpc) is 2.41. The smallest absolute Gasteiger partial charge is 0.126 e. The third kappa shape index (κ3) is 2.74. The first-order chi connectivity index (χ1) is 10.0. The van der Waals surface area contributed by atoms with Crippen LogP contribution in [0, 0.1) is 11.2 Å². The van der Waals surface area contributed by atoms with Crippen molar-refractivity contribution in [2.45, 2.75) is 64.1 Å². The zero-order chi connectivity index (χ0) is 15.0. The second kappa shape index (κ2) is 5.69. The first-order valence-corrected chi connectivity index (χ1v) is 8.14. The molecule has 1 N–H and O–H groups in total. The maximum Gasteiger partial charge on any atom is 0.126 e. The Bertz CT molecular complexity index is 496. The topological polar surface area (TPSA) is 21.3 Å². The second-order valence-electron chi connectivity index (χ2n) is 7.11. The molecule has 2 aliphatic carbocycles. The van der Waals surface area contributed by atoms with E-state index in [0.717, 1.165) is 31.4 Å². The molecule has 0 aliphatic heterocycles. The van der Waals surface area contributed by atoms with Crippen LogP contribution in [0.2, 0.25) is 0 Å². The van der Waals surface area contributed by atoms with Crippen molar-refractivity contribution >= 4 is 0 Å². The van der Waals surface area contributed by atoms with Crippen LogP contribution in [-0.2, 0) is 4.74 Å². The van der Waals surface area contributed by atoms with Gasteiger partial charge in [-0.25, -0.2) is 4.39 Å². The second-order valence-corrected chi connectivity index (χ2v) is 7.11. The summed E-state index contributed by atoms with van der Waals surface area (Å²) in [6.07, 6.45) is 3.57. The van der Waals surface area contributed by atoms with Gasteiger partial charge in [0.15, 0.2) is 0 Å². The fraction of sp³-hybridized carbons (Fsp3) is 0.667. The SMILES string of the molecule is CCOC1CC(NC2CC(c3ccccc3F)C2)C1(C)C. The Hall–Kier alpha value is -0.930. The number of hydrogen-bond acceptors (Lipinski definition) is 2. The molecule has 0 radical (unpaired) electrons. The predicted molar refractivity (Wildman–Crippen MR) is 82.9 cm³/mol. The maximum absolute atomic E-state index is 13.8. The molecule has 2 saturated carbocycles. The molecule has 2 unspecified atom stereocenters. The summed E-state index contributed by atoms with van der Waals surface area (Å²) in [5.74, 6) is 0.330. The molecule has 116 valence electrons. The molecule has 2 fully saturated rings. The van der Waals surface area contributed by atoms with Crippen LogP contribution in [0.1, 0.15) is 51.5 Å². The molecule has 3 rings (SSSR count). The lowest BCUT2D eigenvalue weighted by molar-refractivity contribution is -0.118. The van der Waals surface area contributed by atoms with E-state index in [1.54, 1.807) is 12.1 Å². The van der Waals surface area contributed by atoms with Gasteiger partial charge >= 0.3 is 0 Å². The Morgan fingerprint density at radius 1 is 1.24 bits per heavy atom. The summed E-state index contributed by atoms with van der Waals surface area (Å²) < 4.78 is 19.5. The Balaban J connectivity index is 1.49. The normalized spacial score (nSPS) is 34.1. The summed E-state index contributed by atoms with van der Waals surface area (Å²) in [4.78, 5) is 0. The van der Waals surface area contributed by atoms with Gasteiger partial charge in [-0.15, -0.1) is 0 Å². The number of ether oxygens (including phenoxy) is 1. The van der Waals surface area contributed by atoms with E-state index >= 15 is 0 Å². The van der Waals surface area contributed by atoms with Crippen molar-refractivity contribution in [1.82, 2.24) is 5.32 Å². The minimum absolute atomic E-state index is 0.0543. The van der Waals surface area contributed by atoms with Crippen molar-refractivity contribution in [3.05, 3.63) is 35.6 Å². The minimum Gasteiger partial charge on any atom is -0.378 e. The fourth-order valence-electron chi connectivity index (χ4n) is 3.75. The van der Waals surface area contributed by atoms with E-state index in [4.69, 9.17) is 4.74 Å². The lowest BCUT2D eigenvalue weighted by Gasteiger charge is -2.54. The molecule has 21 heavy (non-hydrogen) atoms. The zero-order valence-electron chi connectivity index (χ0n) is 13.2. The van der Waals surface area contributed by atoms with Crippen molar-refractivity contribution in [1.29, 1.82) is 0 Å². The molecule has 0 saturated heterocycles. The largest absolute Gasteiger partial charge is 0.378 e. The van der Waals surface area contributed by atoms with Crippen LogP contribution in [0.25, 0.3) is 0 Å². The molecular formula is C18H26FNO. The minimum atomic E-state index is -0.0543. The number of hydrogen-bond donors (Lipinski definition) is 1. The molecule has 2 atom stereocenters. The van der Waals surface area contributed by atoms with Gasteiger partial charge < -0.3 is 10.1 Å². The molecule has 2 aliphatic rings. The Kier molecular flexibility index (Phi) is 4.06. The van der Waals surface area contributed by atoms with Crippen LogP contribution in [0.3, 0.4) is 0 Å². The molecule has 1 aromatic rings. The summed E-state index contributed by atoms with van der Waals surface area (Å²) in [6.45, 7) is 7.41. The van der Waals surface area contributed by atoms with Crippen molar-refractivity contribution in [2.75, 3.05) is 6.61 Å². The summed E-state index contributed by atoms with van der Waals surface area (Å²) in [5, 5.41) is 3.75. The summed E-state index contributed by atoms with van der Waals surface area (Å²) in [5.41, 5.74) is 1.09. The van der Waals surface area contributed by atoms with Gasteiger partial charge in [0.25, 0.3) is 0 Å². The third-order valence-electron chi connectivity index (χ3n) is 5.47. The summed E-state index contributed by atoms with van der Waals surface area (Å²) in [7, 11) is 0. The highest BCUT2D eigenvalue weighted by atomic mass is 19.1. The van der Waals surface area contributed by atoms with Gasteiger partial charge in [0.1, 0.15) is 5.82 Å². The summed E-state index contributed by atoms with van der Waals surface area (Å²) in [6, 6.07) is 8.24. The van der Waals surface area contributed by atoms with Gasteiger partial charge in [-0.3, -0.25) is 0 Å². The molecule has 0 bridgehead atoms. The molecular weight excluding hydrogens is 265 g/mol. The maximum atomic E-state index is 13.8.